The molecule has 0 saturated heterocycles. The van der Waals surface area contributed by atoms with Crippen molar-refractivity contribution < 1.29 is 13.8 Å². The molecule has 3 rings (SSSR count). The van der Waals surface area contributed by atoms with Gasteiger partial charge in [-0.25, -0.2) is 0 Å². The molecule has 7 heteroatoms. The molecule has 118 valence electrons. The molecule has 0 radical (unpaired) electrons. The number of hydrogen-bond acceptors (Lipinski definition) is 6. The zero-order valence-electron chi connectivity index (χ0n) is 13.0. The number of hydrogen-bond donors (Lipinski definition) is 1. The maximum Gasteiger partial charge on any atom is 0.273 e. The standard InChI is InChI=1S/C15H20N4O3/c1-9-6-12(17-21-9)15(20)16-10-4-5-14-11(7-10)13(18-22-14)8-19(2)3/h6,10H,4-5,7-8H2,1-3H3,(H,16,20). The topological polar surface area (TPSA) is 84.4 Å². The Hall–Kier alpha value is -2.15. The smallest absolute Gasteiger partial charge is 0.273 e. The zero-order chi connectivity index (χ0) is 15.7. The number of rotatable bonds is 4. The molecule has 1 aliphatic rings. The molecule has 0 aliphatic heterocycles. The fourth-order valence-electron chi connectivity index (χ4n) is 2.74. The molecule has 0 fully saturated rings. The molecule has 1 aliphatic carbocycles. The summed E-state index contributed by atoms with van der Waals surface area (Å²) in [5, 5.41) is 10.9. The van der Waals surface area contributed by atoms with Crippen LogP contribution in [0.1, 0.15) is 39.7 Å². The van der Waals surface area contributed by atoms with E-state index in [9.17, 15) is 4.79 Å². The lowest BCUT2D eigenvalue weighted by atomic mass is 9.92. The summed E-state index contributed by atoms with van der Waals surface area (Å²) in [7, 11) is 3.99. The lowest BCUT2D eigenvalue weighted by Crippen LogP contribution is -2.39. The van der Waals surface area contributed by atoms with E-state index in [1.807, 2.05) is 14.1 Å². The third kappa shape index (κ3) is 3.04. The van der Waals surface area contributed by atoms with Gasteiger partial charge in [-0.1, -0.05) is 10.3 Å². The van der Waals surface area contributed by atoms with Crippen LogP contribution in [0.15, 0.2) is 15.1 Å². The predicted octanol–water partition coefficient (Wildman–Crippen LogP) is 1.32. The monoisotopic (exact) mass is 304 g/mol. The largest absolute Gasteiger partial charge is 0.361 e. The van der Waals surface area contributed by atoms with Gasteiger partial charge in [-0.2, -0.15) is 0 Å². The van der Waals surface area contributed by atoms with Crippen molar-refractivity contribution in [3.63, 3.8) is 0 Å². The number of fused-ring (bicyclic) bond motifs is 1. The van der Waals surface area contributed by atoms with Crippen LogP contribution in [0, 0.1) is 6.92 Å². The van der Waals surface area contributed by atoms with Gasteiger partial charge in [0.05, 0.1) is 0 Å². The number of carbonyl (C=O) groups is 1. The summed E-state index contributed by atoms with van der Waals surface area (Å²) < 4.78 is 10.4. The number of amides is 1. The molecule has 0 aromatic carbocycles. The molecule has 0 spiro atoms. The molecule has 1 unspecified atom stereocenters. The van der Waals surface area contributed by atoms with E-state index in [4.69, 9.17) is 9.05 Å². The van der Waals surface area contributed by atoms with Crippen LogP contribution in [0.4, 0.5) is 0 Å². The third-order valence-corrected chi connectivity index (χ3v) is 3.78. The van der Waals surface area contributed by atoms with Crippen molar-refractivity contribution in [1.29, 1.82) is 0 Å². The highest BCUT2D eigenvalue weighted by molar-refractivity contribution is 5.92. The lowest BCUT2D eigenvalue weighted by molar-refractivity contribution is 0.0923. The summed E-state index contributed by atoms with van der Waals surface area (Å²) in [4.78, 5) is 14.2. The van der Waals surface area contributed by atoms with Crippen LogP contribution in [0.25, 0.3) is 0 Å². The van der Waals surface area contributed by atoms with Gasteiger partial charge in [0, 0.05) is 30.6 Å². The Labute approximate surface area is 128 Å². The van der Waals surface area contributed by atoms with E-state index >= 15 is 0 Å². The molecule has 1 atom stereocenters. The minimum Gasteiger partial charge on any atom is -0.361 e. The lowest BCUT2D eigenvalue weighted by Gasteiger charge is -2.22. The molecule has 7 nitrogen and oxygen atoms in total. The average molecular weight is 304 g/mol. The van der Waals surface area contributed by atoms with Crippen molar-refractivity contribution in [1.82, 2.24) is 20.5 Å². The van der Waals surface area contributed by atoms with E-state index < -0.39 is 0 Å². The van der Waals surface area contributed by atoms with Gasteiger partial charge >= 0.3 is 0 Å². The van der Waals surface area contributed by atoms with Gasteiger partial charge in [0.1, 0.15) is 17.2 Å². The first-order valence-electron chi connectivity index (χ1n) is 7.38. The maximum atomic E-state index is 12.2. The number of nitrogens with one attached hydrogen (secondary N) is 1. The van der Waals surface area contributed by atoms with Crippen LogP contribution >= 0.6 is 0 Å². The average Bonchev–Trinajstić information content (AvgIpc) is 3.05. The van der Waals surface area contributed by atoms with E-state index in [1.54, 1.807) is 13.0 Å². The Kier molecular flexibility index (Phi) is 3.98. The summed E-state index contributed by atoms with van der Waals surface area (Å²) in [6, 6.07) is 1.71. The highest BCUT2D eigenvalue weighted by Crippen LogP contribution is 2.25. The molecule has 1 N–H and O–H groups in total. The van der Waals surface area contributed by atoms with E-state index in [1.165, 1.54) is 0 Å². The number of nitrogens with zero attached hydrogens (tertiary/aromatic N) is 3. The van der Waals surface area contributed by atoms with E-state index in [-0.39, 0.29) is 11.9 Å². The summed E-state index contributed by atoms with van der Waals surface area (Å²) in [5.41, 5.74) is 2.40. The van der Waals surface area contributed by atoms with Gasteiger partial charge in [-0.15, -0.1) is 0 Å². The quantitative estimate of drug-likeness (QED) is 0.917. The minimum absolute atomic E-state index is 0.0670. The summed E-state index contributed by atoms with van der Waals surface area (Å²) >= 11 is 0. The molecule has 22 heavy (non-hydrogen) atoms. The summed E-state index contributed by atoms with van der Waals surface area (Å²) in [6.07, 6.45) is 2.37. The Bertz CT molecular complexity index is 674. The van der Waals surface area contributed by atoms with Gasteiger partial charge in [0.15, 0.2) is 5.69 Å². The number of aromatic nitrogens is 2. The molecular formula is C15H20N4O3. The second-order valence-electron chi connectivity index (χ2n) is 6.00. The van der Waals surface area contributed by atoms with Crippen LogP contribution in [-0.4, -0.2) is 41.3 Å². The van der Waals surface area contributed by atoms with Crippen molar-refractivity contribution in [3.8, 4) is 0 Å². The van der Waals surface area contributed by atoms with E-state index in [2.05, 4.69) is 20.5 Å². The van der Waals surface area contributed by atoms with Gasteiger partial charge in [-0.3, -0.25) is 4.79 Å². The van der Waals surface area contributed by atoms with Crippen molar-refractivity contribution in [3.05, 3.63) is 34.5 Å². The molecular weight excluding hydrogens is 284 g/mol. The van der Waals surface area contributed by atoms with Crippen molar-refractivity contribution in [2.45, 2.75) is 38.8 Å². The van der Waals surface area contributed by atoms with Crippen molar-refractivity contribution in [2.24, 2.45) is 0 Å². The Morgan fingerprint density at radius 3 is 2.91 bits per heavy atom. The van der Waals surface area contributed by atoms with Crippen molar-refractivity contribution >= 4 is 5.91 Å². The molecule has 1 amide bonds. The van der Waals surface area contributed by atoms with Crippen LogP contribution in [0.5, 0.6) is 0 Å². The first-order chi connectivity index (χ1) is 10.5. The second-order valence-corrected chi connectivity index (χ2v) is 6.00. The van der Waals surface area contributed by atoms with Gasteiger partial charge < -0.3 is 19.3 Å². The first-order valence-corrected chi connectivity index (χ1v) is 7.38. The SMILES string of the molecule is Cc1cc(C(=O)NC2CCc3onc(CN(C)C)c3C2)no1. The maximum absolute atomic E-state index is 12.2. The van der Waals surface area contributed by atoms with Gasteiger partial charge in [0.25, 0.3) is 5.91 Å². The fourth-order valence-corrected chi connectivity index (χ4v) is 2.74. The van der Waals surface area contributed by atoms with Crippen LogP contribution < -0.4 is 5.32 Å². The summed E-state index contributed by atoms with van der Waals surface area (Å²) in [5.74, 6) is 1.37. The van der Waals surface area contributed by atoms with Crippen molar-refractivity contribution in [2.75, 3.05) is 14.1 Å². The molecule has 2 heterocycles. The highest BCUT2D eigenvalue weighted by Gasteiger charge is 2.27. The third-order valence-electron chi connectivity index (χ3n) is 3.78. The Morgan fingerprint density at radius 1 is 1.41 bits per heavy atom. The molecule has 0 saturated carbocycles. The first kappa shape index (κ1) is 14.8. The van der Waals surface area contributed by atoms with Gasteiger partial charge in [0.2, 0.25) is 0 Å². The van der Waals surface area contributed by atoms with E-state index in [0.717, 1.165) is 42.8 Å². The fraction of sp³-hybridized carbons (Fsp3) is 0.533. The van der Waals surface area contributed by atoms with Crippen LogP contribution in [0.2, 0.25) is 0 Å². The Morgan fingerprint density at radius 2 is 2.23 bits per heavy atom. The summed E-state index contributed by atoms with van der Waals surface area (Å²) in [6.45, 7) is 2.50. The molecule has 0 bridgehead atoms. The second kappa shape index (κ2) is 5.92. The minimum atomic E-state index is -0.198. The van der Waals surface area contributed by atoms with Crippen LogP contribution in [-0.2, 0) is 19.4 Å². The normalized spacial score (nSPS) is 17.5. The number of aryl methyl sites for hydroxylation is 2. The zero-order valence-corrected chi connectivity index (χ0v) is 13.0. The van der Waals surface area contributed by atoms with Crippen LogP contribution in [0.3, 0.4) is 0 Å². The highest BCUT2D eigenvalue weighted by atomic mass is 16.5. The van der Waals surface area contributed by atoms with E-state index in [0.29, 0.717) is 11.5 Å². The predicted molar refractivity (Wildman–Crippen MR) is 78.4 cm³/mol. The van der Waals surface area contributed by atoms with Gasteiger partial charge in [-0.05, 0) is 33.9 Å². The molecule has 2 aromatic heterocycles. The Balaban J connectivity index is 1.68. The number of carbonyl (C=O) groups excluding carboxylic acids is 1. The molecule has 2 aromatic rings.